The molecule has 138 valence electrons. The number of aliphatic hydroxyl groups is 1. The second kappa shape index (κ2) is 6.53. The number of nitriles is 2. The van der Waals surface area contributed by atoms with Crippen LogP contribution in [0.25, 0.3) is 0 Å². The molecule has 27 heavy (non-hydrogen) atoms. The van der Waals surface area contributed by atoms with Crippen LogP contribution in [0.3, 0.4) is 0 Å². The Balaban J connectivity index is 2.27. The molecule has 0 saturated heterocycles. The van der Waals surface area contributed by atoms with Gasteiger partial charge >= 0.3 is 6.18 Å². The third-order valence-corrected chi connectivity index (χ3v) is 4.31. The molecular weight excluding hydrogens is 369 g/mol. The fourth-order valence-corrected chi connectivity index (χ4v) is 3.14. The van der Waals surface area contributed by atoms with E-state index < -0.39 is 35.0 Å². The highest BCUT2D eigenvalue weighted by Crippen LogP contribution is 2.44. The van der Waals surface area contributed by atoms with E-state index in [1.807, 2.05) is 0 Å². The fourth-order valence-electron chi connectivity index (χ4n) is 3.14. The number of benzene rings is 2. The summed E-state index contributed by atoms with van der Waals surface area (Å²) in [6.45, 7) is -0.00599. The minimum atomic E-state index is -4.98. The number of hydrogen-bond acceptors (Lipinski definition) is 4. The first-order valence-electron chi connectivity index (χ1n) is 7.68. The predicted molar refractivity (Wildman–Crippen MR) is 83.8 cm³/mol. The maximum absolute atomic E-state index is 14.3. The molecule has 1 unspecified atom stereocenters. The lowest BCUT2D eigenvalue weighted by molar-refractivity contribution is -0.140. The zero-order chi connectivity index (χ0) is 19.9. The number of anilines is 2. The molecular formula is C18H10F5N3O. The summed E-state index contributed by atoms with van der Waals surface area (Å²) >= 11 is 0. The van der Waals surface area contributed by atoms with Gasteiger partial charge in [-0.3, -0.25) is 0 Å². The van der Waals surface area contributed by atoms with Crippen molar-refractivity contribution in [3.05, 3.63) is 58.2 Å². The van der Waals surface area contributed by atoms with Crippen LogP contribution in [0.2, 0.25) is 0 Å². The average Bonchev–Trinajstić information content (AvgIpc) is 2.60. The largest absolute Gasteiger partial charge is 0.419 e. The summed E-state index contributed by atoms with van der Waals surface area (Å²) in [7, 11) is 0. The molecule has 0 spiro atoms. The van der Waals surface area contributed by atoms with E-state index in [0.29, 0.717) is 6.07 Å². The van der Waals surface area contributed by atoms with E-state index in [4.69, 9.17) is 0 Å². The van der Waals surface area contributed by atoms with Crippen LogP contribution in [0.4, 0.5) is 33.3 Å². The lowest BCUT2D eigenvalue weighted by Crippen LogP contribution is -2.29. The van der Waals surface area contributed by atoms with Crippen LogP contribution >= 0.6 is 0 Å². The number of nitrogens with zero attached hydrogens (tertiary/aromatic N) is 3. The van der Waals surface area contributed by atoms with E-state index in [1.54, 1.807) is 6.07 Å². The van der Waals surface area contributed by atoms with Gasteiger partial charge in [0, 0.05) is 12.1 Å². The van der Waals surface area contributed by atoms with Gasteiger partial charge in [-0.25, -0.2) is 8.78 Å². The molecule has 2 aromatic carbocycles. The average molecular weight is 379 g/mol. The lowest BCUT2D eigenvalue weighted by atomic mass is 9.94. The number of alkyl halides is 3. The van der Waals surface area contributed by atoms with Crippen molar-refractivity contribution in [2.24, 2.45) is 0 Å². The molecule has 0 saturated carbocycles. The zero-order valence-electron chi connectivity index (χ0n) is 13.5. The summed E-state index contributed by atoms with van der Waals surface area (Å²) in [5.41, 5.74) is -2.73. The molecule has 0 fully saturated rings. The summed E-state index contributed by atoms with van der Waals surface area (Å²) in [6.07, 6.45) is -6.04. The first-order chi connectivity index (χ1) is 12.7. The maximum Gasteiger partial charge on any atom is 0.419 e. The van der Waals surface area contributed by atoms with Crippen LogP contribution in [0, 0.1) is 34.3 Å². The summed E-state index contributed by atoms with van der Waals surface area (Å²) in [5.74, 6) is -2.50. The Kier molecular flexibility index (Phi) is 4.50. The van der Waals surface area contributed by atoms with Crippen LogP contribution in [-0.4, -0.2) is 11.7 Å². The molecule has 0 amide bonds. The van der Waals surface area contributed by atoms with E-state index in [-0.39, 0.29) is 35.5 Å². The summed E-state index contributed by atoms with van der Waals surface area (Å²) < 4.78 is 66.8. The summed E-state index contributed by atoms with van der Waals surface area (Å²) in [6, 6.07) is 6.51. The minimum absolute atomic E-state index is 0.00599. The molecule has 1 aliphatic heterocycles. The topological polar surface area (TPSA) is 71.0 Å². The fraction of sp³-hybridized carbons (Fsp3) is 0.222. The van der Waals surface area contributed by atoms with Crippen LogP contribution in [0.1, 0.15) is 34.8 Å². The third-order valence-electron chi connectivity index (χ3n) is 4.31. The Hall–Kier alpha value is -3.17. The van der Waals surface area contributed by atoms with Gasteiger partial charge in [-0.15, -0.1) is 0 Å². The van der Waals surface area contributed by atoms with Crippen molar-refractivity contribution in [2.75, 3.05) is 11.4 Å². The Labute approximate surface area is 150 Å². The van der Waals surface area contributed by atoms with Gasteiger partial charge in [0.05, 0.1) is 28.6 Å². The van der Waals surface area contributed by atoms with Crippen molar-refractivity contribution in [1.29, 1.82) is 10.5 Å². The molecule has 1 aliphatic rings. The van der Waals surface area contributed by atoms with Gasteiger partial charge < -0.3 is 10.0 Å². The smallest absolute Gasteiger partial charge is 0.388 e. The molecule has 2 aromatic rings. The first-order valence-corrected chi connectivity index (χ1v) is 7.68. The van der Waals surface area contributed by atoms with Crippen LogP contribution < -0.4 is 4.90 Å². The Morgan fingerprint density at radius 3 is 2.41 bits per heavy atom. The molecule has 1 N–H and O–H groups in total. The maximum atomic E-state index is 14.3. The van der Waals surface area contributed by atoms with Crippen molar-refractivity contribution in [1.82, 2.24) is 0 Å². The zero-order valence-corrected chi connectivity index (χ0v) is 13.5. The second-order valence-corrected chi connectivity index (χ2v) is 5.89. The van der Waals surface area contributed by atoms with Crippen molar-refractivity contribution >= 4 is 11.4 Å². The lowest BCUT2D eigenvalue weighted by Gasteiger charge is -2.35. The molecule has 0 aromatic heterocycles. The molecule has 0 bridgehead atoms. The van der Waals surface area contributed by atoms with Gasteiger partial charge in [0.2, 0.25) is 0 Å². The monoisotopic (exact) mass is 379 g/mol. The number of aliphatic hydroxyl groups excluding tert-OH is 1. The highest BCUT2D eigenvalue weighted by molar-refractivity contribution is 5.77. The van der Waals surface area contributed by atoms with Gasteiger partial charge in [-0.05, 0) is 30.7 Å². The van der Waals surface area contributed by atoms with Gasteiger partial charge in [-0.2, -0.15) is 23.7 Å². The summed E-state index contributed by atoms with van der Waals surface area (Å²) in [4.78, 5) is 1.25. The van der Waals surface area contributed by atoms with Crippen LogP contribution in [-0.2, 0) is 6.18 Å². The third kappa shape index (κ3) is 3.07. The van der Waals surface area contributed by atoms with Crippen molar-refractivity contribution in [2.45, 2.75) is 18.7 Å². The highest BCUT2D eigenvalue weighted by Gasteiger charge is 2.37. The quantitative estimate of drug-likeness (QED) is 0.750. The minimum Gasteiger partial charge on any atom is -0.388 e. The van der Waals surface area contributed by atoms with E-state index in [1.165, 1.54) is 11.0 Å². The molecule has 1 heterocycles. The number of rotatable bonds is 1. The molecule has 1 atom stereocenters. The molecule has 9 heteroatoms. The van der Waals surface area contributed by atoms with Crippen LogP contribution in [0.5, 0.6) is 0 Å². The van der Waals surface area contributed by atoms with Crippen molar-refractivity contribution in [3.63, 3.8) is 0 Å². The molecule has 4 nitrogen and oxygen atoms in total. The highest BCUT2D eigenvalue weighted by atomic mass is 19.4. The molecule has 0 aliphatic carbocycles. The Bertz CT molecular complexity index is 1000. The van der Waals surface area contributed by atoms with Gasteiger partial charge in [-0.1, -0.05) is 0 Å². The van der Waals surface area contributed by atoms with Gasteiger partial charge in [0.1, 0.15) is 23.5 Å². The number of halogens is 5. The molecule has 3 rings (SSSR count). The molecule has 0 radical (unpaired) electrons. The Morgan fingerprint density at radius 2 is 1.81 bits per heavy atom. The van der Waals surface area contributed by atoms with E-state index >= 15 is 0 Å². The van der Waals surface area contributed by atoms with Gasteiger partial charge in [0.15, 0.2) is 5.82 Å². The normalized spacial score (nSPS) is 16.4. The van der Waals surface area contributed by atoms with Crippen LogP contribution in [0.15, 0.2) is 24.3 Å². The summed E-state index contributed by atoms with van der Waals surface area (Å²) in [5, 5.41) is 28.6. The Morgan fingerprint density at radius 1 is 1.11 bits per heavy atom. The van der Waals surface area contributed by atoms with Crippen molar-refractivity contribution in [3.8, 4) is 12.1 Å². The first kappa shape index (κ1) is 18.6. The van der Waals surface area contributed by atoms with E-state index in [9.17, 15) is 37.6 Å². The standard InChI is InChI=1S/C18H10F5N3O/c19-10-5-9(7-24)17-11(6-10)15(27)3-4-26(17)14-2-1-13(18(21,22)23)16(20)12(14)8-25/h1-2,5-6,15,27H,3-4H2. The number of fused-ring (bicyclic) bond motifs is 1. The van der Waals surface area contributed by atoms with Crippen molar-refractivity contribution < 1.29 is 27.1 Å². The number of hydrogen-bond donors (Lipinski definition) is 1. The van der Waals surface area contributed by atoms with E-state index in [2.05, 4.69) is 0 Å². The SMILES string of the molecule is N#Cc1cc(F)cc2c1N(c1ccc(C(F)(F)F)c(F)c1C#N)CCC2O. The van der Waals surface area contributed by atoms with Gasteiger partial charge in [0.25, 0.3) is 0 Å². The predicted octanol–water partition coefficient (Wildman–Crippen LogP) is 4.30. The second-order valence-electron chi connectivity index (χ2n) is 5.89. The van der Waals surface area contributed by atoms with E-state index in [0.717, 1.165) is 18.2 Å².